The van der Waals surface area contributed by atoms with E-state index >= 15 is 0 Å². The maximum Gasteiger partial charge on any atom is 0.274 e. The minimum atomic E-state index is -3.79. The summed E-state index contributed by atoms with van der Waals surface area (Å²) in [4.78, 5) is 8.73. The maximum absolute atomic E-state index is 11.4. The van der Waals surface area contributed by atoms with Gasteiger partial charge in [0.15, 0.2) is 11.5 Å². The molecular weight excluding hydrogens is 388 g/mol. The Morgan fingerprint density at radius 2 is 1.70 bits per heavy atom. The summed E-state index contributed by atoms with van der Waals surface area (Å²) in [5, 5.41) is 6.75. The van der Waals surface area contributed by atoms with Gasteiger partial charge in [-0.25, -0.2) is 15.1 Å². The standard InChI is InChI=1S/C17H26N4O4S2/c1-16(2,21-27(18,22)23)9-17(3,4)26-15-11-7-13(24-5)14(25-6)8-12(11)19-10-20-15/h7-8,10,21H,9H2,1-6H3,(H2,18,22,23). The quantitative estimate of drug-likeness (QED) is 0.503. The van der Waals surface area contributed by atoms with Crippen LogP contribution >= 0.6 is 11.8 Å². The van der Waals surface area contributed by atoms with Gasteiger partial charge in [0.05, 0.1) is 19.7 Å². The van der Waals surface area contributed by atoms with Crippen molar-refractivity contribution in [2.24, 2.45) is 5.14 Å². The molecule has 27 heavy (non-hydrogen) atoms. The number of methoxy groups -OCH3 is 2. The molecule has 2 aromatic rings. The zero-order valence-corrected chi connectivity index (χ0v) is 18.0. The number of rotatable bonds is 8. The summed E-state index contributed by atoms with van der Waals surface area (Å²) >= 11 is 1.54. The first-order chi connectivity index (χ1) is 12.4. The Morgan fingerprint density at radius 3 is 2.26 bits per heavy atom. The Kier molecular flexibility index (Phi) is 6.25. The van der Waals surface area contributed by atoms with E-state index in [4.69, 9.17) is 14.6 Å². The molecule has 0 bridgehead atoms. The van der Waals surface area contributed by atoms with E-state index in [1.807, 2.05) is 19.9 Å². The first-order valence-electron chi connectivity index (χ1n) is 8.23. The monoisotopic (exact) mass is 414 g/mol. The SMILES string of the molecule is COc1cc2ncnc(SC(C)(C)CC(C)(C)NS(N)(=O)=O)c2cc1OC. The Hall–Kier alpha value is -1.62. The van der Waals surface area contributed by atoms with Crippen LogP contribution in [-0.2, 0) is 10.2 Å². The van der Waals surface area contributed by atoms with Crippen LogP contribution in [-0.4, -0.2) is 42.9 Å². The Bertz CT molecular complexity index is 930. The third-order valence-electron chi connectivity index (χ3n) is 3.76. The fourth-order valence-corrected chi connectivity index (χ4v) is 5.40. The summed E-state index contributed by atoms with van der Waals surface area (Å²) in [6.45, 7) is 7.65. The van der Waals surface area contributed by atoms with Gasteiger partial charge in [0, 0.05) is 21.7 Å². The molecule has 0 aliphatic carbocycles. The molecule has 0 aliphatic heterocycles. The summed E-state index contributed by atoms with van der Waals surface area (Å²) in [7, 11) is -0.645. The van der Waals surface area contributed by atoms with Crippen LogP contribution in [0.3, 0.4) is 0 Å². The van der Waals surface area contributed by atoms with Crippen molar-refractivity contribution in [1.82, 2.24) is 14.7 Å². The van der Waals surface area contributed by atoms with Gasteiger partial charge in [-0.05, 0) is 26.3 Å². The van der Waals surface area contributed by atoms with Crippen molar-refractivity contribution in [1.29, 1.82) is 0 Å². The fourth-order valence-electron chi connectivity index (χ4n) is 3.22. The molecular formula is C17H26N4O4S2. The molecule has 0 saturated carbocycles. The van der Waals surface area contributed by atoms with E-state index < -0.39 is 15.7 Å². The van der Waals surface area contributed by atoms with Crippen LogP contribution in [0.25, 0.3) is 10.9 Å². The highest BCUT2D eigenvalue weighted by Crippen LogP contribution is 2.41. The van der Waals surface area contributed by atoms with E-state index in [0.717, 1.165) is 15.9 Å². The number of thioether (sulfide) groups is 1. The van der Waals surface area contributed by atoms with Crippen LogP contribution in [0.1, 0.15) is 34.1 Å². The maximum atomic E-state index is 11.4. The van der Waals surface area contributed by atoms with Crippen molar-refractivity contribution in [3.8, 4) is 11.5 Å². The van der Waals surface area contributed by atoms with Crippen LogP contribution in [0.4, 0.5) is 0 Å². The summed E-state index contributed by atoms with van der Waals surface area (Å²) in [6, 6.07) is 3.65. The van der Waals surface area contributed by atoms with Gasteiger partial charge in [-0.1, -0.05) is 25.6 Å². The highest BCUT2D eigenvalue weighted by Gasteiger charge is 2.33. The van der Waals surface area contributed by atoms with Crippen molar-refractivity contribution in [3.05, 3.63) is 18.5 Å². The predicted molar refractivity (Wildman–Crippen MR) is 108 cm³/mol. The molecule has 0 atom stereocenters. The smallest absolute Gasteiger partial charge is 0.274 e. The lowest BCUT2D eigenvalue weighted by atomic mass is 9.93. The van der Waals surface area contributed by atoms with Gasteiger partial charge in [-0.2, -0.15) is 13.1 Å². The van der Waals surface area contributed by atoms with E-state index in [1.165, 1.54) is 18.1 Å². The van der Waals surface area contributed by atoms with Crippen molar-refractivity contribution in [3.63, 3.8) is 0 Å². The van der Waals surface area contributed by atoms with E-state index in [9.17, 15) is 8.42 Å². The van der Waals surface area contributed by atoms with E-state index in [0.29, 0.717) is 17.9 Å². The van der Waals surface area contributed by atoms with Crippen molar-refractivity contribution >= 4 is 32.9 Å². The first-order valence-corrected chi connectivity index (χ1v) is 10.6. The van der Waals surface area contributed by atoms with Crippen LogP contribution in [0, 0.1) is 0 Å². The van der Waals surface area contributed by atoms with Crippen LogP contribution < -0.4 is 19.3 Å². The van der Waals surface area contributed by atoms with E-state index in [2.05, 4.69) is 14.7 Å². The molecule has 1 aromatic carbocycles. The van der Waals surface area contributed by atoms with Crippen molar-refractivity contribution < 1.29 is 17.9 Å². The van der Waals surface area contributed by atoms with Crippen LogP contribution in [0.2, 0.25) is 0 Å². The highest BCUT2D eigenvalue weighted by atomic mass is 32.2. The highest BCUT2D eigenvalue weighted by molar-refractivity contribution is 8.00. The van der Waals surface area contributed by atoms with Gasteiger partial charge in [-0.3, -0.25) is 0 Å². The summed E-state index contributed by atoms with van der Waals surface area (Å²) in [6.07, 6.45) is 2.03. The summed E-state index contributed by atoms with van der Waals surface area (Å²) < 4.78 is 35.7. The number of hydrogen-bond donors (Lipinski definition) is 2. The summed E-state index contributed by atoms with van der Waals surface area (Å²) in [5.74, 6) is 1.19. The molecule has 0 aliphatic rings. The zero-order valence-electron chi connectivity index (χ0n) is 16.4. The number of nitrogens with one attached hydrogen (secondary N) is 1. The van der Waals surface area contributed by atoms with Gasteiger partial charge in [0.25, 0.3) is 10.2 Å². The molecule has 0 amide bonds. The van der Waals surface area contributed by atoms with Gasteiger partial charge in [0.2, 0.25) is 0 Å². The third kappa shape index (κ3) is 5.93. The zero-order chi connectivity index (χ0) is 20.5. The second-order valence-corrected chi connectivity index (χ2v) is 10.5. The Morgan fingerprint density at radius 1 is 1.11 bits per heavy atom. The van der Waals surface area contributed by atoms with Gasteiger partial charge in [-0.15, -0.1) is 0 Å². The number of ether oxygens (including phenoxy) is 2. The number of benzene rings is 1. The first kappa shape index (κ1) is 21.7. The molecule has 0 unspecified atom stereocenters. The van der Waals surface area contributed by atoms with Gasteiger partial charge in [0.1, 0.15) is 11.4 Å². The molecule has 0 saturated heterocycles. The molecule has 10 heteroatoms. The molecule has 150 valence electrons. The average Bonchev–Trinajstić information content (AvgIpc) is 2.49. The molecule has 1 aromatic heterocycles. The lowest BCUT2D eigenvalue weighted by Gasteiger charge is -2.34. The predicted octanol–water partition coefficient (Wildman–Crippen LogP) is 2.48. The van der Waals surface area contributed by atoms with Crippen LogP contribution in [0.15, 0.2) is 23.5 Å². The second-order valence-electron chi connectivity index (χ2n) is 7.47. The third-order valence-corrected chi connectivity index (χ3v) is 5.82. The molecule has 8 nitrogen and oxygen atoms in total. The van der Waals surface area contributed by atoms with Crippen molar-refractivity contribution in [2.45, 2.75) is 49.4 Å². The largest absolute Gasteiger partial charge is 0.493 e. The molecule has 0 fully saturated rings. The number of nitrogens with two attached hydrogens (primary N) is 1. The molecule has 1 heterocycles. The minimum Gasteiger partial charge on any atom is -0.493 e. The van der Waals surface area contributed by atoms with E-state index in [-0.39, 0.29) is 4.75 Å². The van der Waals surface area contributed by atoms with Gasteiger partial charge < -0.3 is 9.47 Å². The van der Waals surface area contributed by atoms with Gasteiger partial charge >= 0.3 is 0 Å². The molecule has 3 N–H and O–H groups in total. The van der Waals surface area contributed by atoms with E-state index in [1.54, 1.807) is 34.1 Å². The number of fused-ring (bicyclic) bond motifs is 1. The number of aromatic nitrogens is 2. The van der Waals surface area contributed by atoms with Crippen molar-refractivity contribution in [2.75, 3.05) is 14.2 Å². The normalized spacial score (nSPS) is 13.0. The topological polar surface area (TPSA) is 116 Å². The Balaban J connectivity index is 2.36. The average molecular weight is 415 g/mol. The minimum absolute atomic E-state index is 0.338. The lowest BCUT2D eigenvalue weighted by Crippen LogP contribution is -2.49. The van der Waals surface area contributed by atoms with Crippen LogP contribution in [0.5, 0.6) is 11.5 Å². The number of hydrogen-bond acceptors (Lipinski definition) is 7. The molecule has 0 spiro atoms. The molecule has 2 rings (SSSR count). The second kappa shape index (κ2) is 7.78. The molecule has 0 radical (unpaired) electrons. The fraction of sp³-hybridized carbons (Fsp3) is 0.529. The Labute approximate surface area is 164 Å². The number of nitrogens with zero attached hydrogens (tertiary/aromatic N) is 2. The lowest BCUT2D eigenvalue weighted by molar-refractivity contribution is 0.355. The summed E-state index contributed by atoms with van der Waals surface area (Å²) in [5.41, 5.74) is 0.0243.